The average molecular weight is 235 g/mol. The van der Waals surface area contributed by atoms with E-state index < -0.39 is 0 Å². The average Bonchev–Trinajstić information content (AvgIpc) is 2.13. The second kappa shape index (κ2) is 5.50. The molecule has 0 radical (unpaired) electrons. The fourth-order valence-corrected chi connectivity index (χ4v) is 1.51. The predicted molar refractivity (Wildman–Crippen MR) is 74.3 cm³/mol. The van der Waals surface area contributed by atoms with Crippen molar-refractivity contribution in [2.45, 2.75) is 59.7 Å². The molecule has 0 aromatic carbocycles. The van der Waals surface area contributed by atoms with Crippen molar-refractivity contribution in [1.29, 1.82) is 0 Å². The van der Waals surface area contributed by atoms with E-state index in [2.05, 4.69) is 63.2 Å². The van der Waals surface area contributed by atoms with Gasteiger partial charge in [0.05, 0.1) is 0 Å². The molecule has 1 heterocycles. The maximum absolute atomic E-state index is 4.56. The van der Waals surface area contributed by atoms with Gasteiger partial charge < -0.3 is 10.6 Å². The monoisotopic (exact) mass is 235 g/mol. The highest BCUT2D eigenvalue weighted by molar-refractivity contribution is 5.39. The van der Waals surface area contributed by atoms with Gasteiger partial charge in [-0.1, -0.05) is 6.07 Å². The first-order valence-electron chi connectivity index (χ1n) is 6.26. The molecule has 0 spiro atoms. The van der Waals surface area contributed by atoms with Gasteiger partial charge in [0.15, 0.2) is 0 Å². The van der Waals surface area contributed by atoms with Crippen molar-refractivity contribution in [3.8, 4) is 0 Å². The lowest BCUT2D eigenvalue weighted by Gasteiger charge is -2.21. The van der Waals surface area contributed by atoms with E-state index in [0.29, 0.717) is 6.04 Å². The van der Waals surface area contributed by atoms with Crippen LogP contribution in [-0.2, 0) is 6.54 Å². The summed E-state index contributed by atoms with van der Waals surface area (Å²) in [5.41, 5.74) is 2.49. The predicted octanol–water partition coefficient (Wildman–Crippen LogP) is 3.10. The van der Waals surface area contributed by atoms with Crippen LogP contribution in [0.5, 0.6) is 0 Å². The molecule has 0 bridgehead atoms. The van der Waals surface area contributed by atoms with Crippen LogP contribution in [0.25, 0.3) is 0 Å². The molecular weight excluding hydrogens is 210 g/mol. The maximum Gasteiger partial charge on any atom is 0.126 e. The standard InChI is InChI=1S/C14H25N3/c1-10(2)16-13-8-7-12(11(3)17-13)9-15-14(4,5)6/h7-8,10,15H,9H2,1-6H3,(H,16,17). The highest BCUT2D eigenvalue weighted by Crippen LogP contribution is 2.12. The third-order valence-electron chi connectivity index (χ3n) is 2.44. The van der Waals surface area contributed by atoms with Crippen LogP contribution in [0, 0.1) is 6.92 Å². The van der Waals surface area contributed by atoms with Crippen LogP contribution in [0.4, 0.5) is 5.82 Å². The molecule has 1 aromatic heterocycles. The quantitative estimate of drug-likeness (QED) is 0.842. The molecule has 0 atom stereocenters. The zero-order valence-corrected chi connectivity index (χ0v) is 11.9. The van der Waals surface area contributed by atoms with Gasteiger partial charge in [0, 0.05) is 23.8 Å². The van der Waals surface area contributed by atoms with E-state index in [1.54, 1.807) is 0 Å². The lowest BCUT2D eigenvalue weighted by Crippen LogP contribution is -2.35. The van der Waals surface area contributed by atoms with Gasteiger partial charge >= 0.3 is 0 Å². The van der Waals surface area contributed by atoms with E-state index in [-0.39, 0.29) is 5.54 Å². The molecule has 1 aromatic rings. The lowest BCUT2D eigenvalue weighted by molar-refractivity contribution is 0.423. The van der Waals surface area contributed by atoms with Crippen LogP contribution in [0.1, 0.15) is 45.9 Å². The number of anilines is 1. The third kappa shape index (κ3) is 5.18. The van der Waals surface area contributed by atoms with Crippen molar-refractivity contribution in [2.75, 3.05) is 5.32 Å². The van der Waals surface area contributed by atoms with Crippen molar-refractivity contribution in [3.63, 3.8) is 0 Å². The highest BCUT2D eigenvalue weighted by Gasteiger charge is 2.10. The van der Waals surface area contributed by atoms with Gasteiger partial charge in [0.25, 0.3) is 0 Å². The Bertz CT molecular complexity index is 364. The normalized spacial score (nSPS) is 11.9. The topological polar surface area (TPSA) is 37.0 Å². The van der Waals surface area contributed by atoms with E-state index >= 15 is 0 Å². The minimum Gasteiger partial charge on any atom is -0.368 e. The molecular formula is C14H25N3. The molecule has 96 valence electrons. The summed E-state index contributed by atoms with van der Waals surface area (Å²) in [4.78, 5) is 4.56. The summed E-state index contributed by atoms with van der Waals surface area (Å²) in [5.74, 6) is 0.956. The zero-order valence-electron chi connectivity index (χ0n) is 11.9. The molecule has 0 aliphatic heterocycles. The van der Waals surface area contributed by atoms with E-state index in [1.165, 1.54) is 5.56 Å². The number of aromatic nitrogens is 1. The number of rotatable bonds is 4. The van der Waals surface area contributed by atoms with Gasteiger partial charge in [-0.05, 0) is 53.2 Å². The van der Waals surface area contributed by atoms with E-state index in [9.17, 15) is 0 Å². The molecule has 0 aliphatic carbocycles. The minimum atomic E-state index is 0.140. The Morgan fingerprint density at radius 3 is 2.35 bits per heavy atom. The Balaban J connectivity index is 2.69. The summed E-state index contributed by atoms with van der Waals surface area (Å²) in [5, 5.41) is 6.79. The number of pyridine rings is 1. The molecule has 0 amide bonds. The molecule has 0 saturated heterocycles. The molecule has 0 aliphatic rings. The fraction of sp³-hybridized carbons (Fsp3) is 0.643. The Kier molecular flexibility index (Phi) is 4.52. The number of hydrogen-bond acceptors (Lipinski definition) is 3. The maximum atomic E-state index is 4.56. The number of hydrogen-bond donors (Lipinski definition) is 2. The van der Waals surface area contributed by atoms with Crippen LogP contribution in [0.15, 0.2) is 12.1 Å². The molecule has 0 unspecified atom stereocenters. The third-order valence-corrected chi connectivity index (χ3v) is 2.44. The van der Waals surface area contributed by atoms with Crippen LogP contribution in [0.3, 0.4) is 0 Å². The van der Waals surface area contributed by atoms with E-state index in [4.69, 9.17) is 0 Å². The van der Waals surface area contributed by atoms with Crippen LogP contribution >= 0.6 is 0 Å². The Morgan fingerprint density at radius 1 is 1.24 bits per heavy atom. The van der Waals surface area contributed by atoms with E-state index in [1.807, 2.05) is 6.07 Å². The van der Waals surface area contributed by atoms with Crippen LogP contribution in [0.2, 0.25) is 0 Å². The van der Waals surface area contributed by atoms with Crippen molar-refractivity contribution in [2.24, 2.45) is 0 Å². The second-order valence-corrected chi connectivity index (χ2v) is 5.84. The second-order valence-electron chi connectivity index (χ2n) is 5.84. The number of nitrogens with one attached hydrogen (secondary N) is 2. The van der Waals surface area contributed by atoms with Crippen molar-refractivity contribution >= 4 is 5.82 Å². The first-order chi connectivity index (χ1) is 7.78. The molecule has 2 N–H and O–H groups in total. The zero-order chi connectivity index (χ0) is 13.1. The Morgan fingerprint density at radius 2 is 1.88 bits per heavy atom. The number of nitrogens with zero attached hydrogens (tertiary/aromatic N) is 1. The largest absolute Gasteiger partial charge is 0.368 e. The minimum absolute atomic E-state index is 0.140. The molecule has 3 nitrogen and oxygen atoms in total. The van der Waals surface area contributed by atoms with Gasteiger partial charge in [-0.3, -0.25) is 0 Å². The van der Waals surface area contributed by atoms with E-state index in [0.717, 1.165) is 18.1 Å². The SMILES string of the molecule is Cc1nc(NC(C)C)ccc1CNC(C)(C)C. The summed E-state index contributed by atoms with van der Waals surface area (Å²) >= 11 is 0. The first-order valence-corrected chi connectivity index (χ1v) is 6.26. The molecule has 3 heteroatoms. The highest BCUT2D eigenvalue weighted by atomic mass is 15.0. The molecule has 0 fully saturated rings. The van der Waals surface area contributed by atoms with Gasteiger partial charge in [-0.15, -0.1) is 0 Å². The van der Waals surface area contributed by atoms with Crippen molar-refractivity contribution in [1.82, 2.24) is 10.3 Å². The Labute approximate surface area is 105 Å². The summed E-state index contributed by atoms with van der Waals surface area (Å²) in [6, 6.07) is 4.61. The molecule has 17 heavy (non-hydrogen) atoms. The van der Waals surface area contributed by atoms with Crippen LogP contribution in [-0.4, -0.2) is 16.6 Å². The Hall–Kier alpha value is -1.09. The smallest absolute Gasteiger partial charge is 0.126 e. The summed E-state index contributed by atoms with van der Waals surface area (Å²) in [7, 11) is 0. The molecule has 1 rings (SSSR count). The van der Waals surface area contributed by atoms with Gasteiger partial charge in [0.1, 0.15) is 5.82 Å². The summed E-state index contributed by atoms with van der Waals surface area (Å²) < 4.78 is 0. The van der Waals surface area contributed by atoms with Gasteiger partial charge in [-0.25, -0.2) is 4.98 Å². The van der Waals surface area contributed by atoms with Crippen molar-refractivity contribution in [3.05, 3.63) is 23.4 Å². The van der Waals surface area contributed by atoms with Crippen LogP contribution < -0.4 is 10.6 Å². The molecule has 0 saturated carbocycles. The summed E-state index contributed by atoms with van der Waals surface area (Å²) in [6.45, 7) is 13.7. The fourth-order valence-electron chi connectivity index (χ4n) is 1.51. The lowest BCUT2D eigenvalue weighted by atomic mass is 10.1. The first kappa shape index (κ1) is 14.0. The van der Waals surface area contributed by atoms with Gasteiger partial charge in [0.2, 0.25) is 0 Å². The summed E-state index contributed by atoms with van der Waals surface area (Å²) in [6.07, 6.45) is 0. The number of aryl methyl sites for hydroxylation is 1. The van der Waals surface area contributed by atoms with Crippen molar-refractivity contribution < 1.29 is 0 Å². The van der Waals surface area contributed by atoms with Gasteiger partial charge in [-0.2, -0.15) is 0 Å².